The zero-order valence-corrected chi connectivity index (χ0v) is 21.8. The minimum absolute atomic E-state index is 0.0933. The molecule has 0 unspecified atom stereocenters. The van der Waals surface area contributed by atoms with E-state index in [1.54, 1.807) is 13.2 Å². The molecule has 188 valence electrons. The van der Waals surface area contributed by atoms with Gasteiger partial charge in [-0.1, -0.05) is 29.8 Å². The third kappa shape index (κ3) is 6.67. The maximum absolute atomic E-state index is 15.6. The fraction of sp³-hybridized carbons (Fsp3) is 0.464. The fourth-order valence-corrected chi connectivity index (χ4v) is 6.05. The lowest BCUT2D eigenvalue weighted by Crippen LogP contribution is -2.42. The van der Waals surface area contributed by atoms with Gasteiger partial charge in [0.1, 0.15) is 11.9 Å². The number of ether oxygens (including phenoxy) is 1. The van der Waals surface area contributed by atoms with Gasteiger partial charge in [0, 0.05) is 28.6 Å². The Labute approximate surface area is 216 Å². The van der Waals surface area contributed by atoms with Gasteiger partial charge >= 0.3 is 0 Å². The summed E-state index contributed by atoms with van der Waals surface area (Å²) in [7, 11) is 1.59. The molecule has 1 aliphatic rings. The number of pyridine rings is 1. The van der Waals surface area contributed by atoms with E-state index in [-0.39, 0.29) is 12.0 Å². The predicted molar refractivity (Wildman–Crippen MR) is 143 cm³/mol. The first-order valence-corrected chi connectivity index (χ1v) is 13.7. The van der Waals surface area contributed by atoms with Crippen LogP contribution in [0.3, 0.4) is 0 Å². The van der Waals surface area contributed by atoms with Crippen LogP contribution in [0.15, 0.2) is 59.6 Å². The molecule has 0 spiro atoms. The maximum atomic E-state index is 15.6. The maximum Gasteiger partial charge on any atom is 0.127 e. The molecule has 0 radical (unpaired) electrons. The van der Waals surface area contributed by atoms with Gasteiger partial charge in [-0.2, -0.15) is 0 Å². The minimum Gasteiger partial charge on any atom is -0.497 e. The molecule has 2 aromatic carbocycles. The zero-order chi connectivity index (χ0) is 24.7. The molecule has 0 amide bonds. The largest absolute Gasteiger partial charge is 0.497 e. The number of hydrogen-bond acceptors (Lipinski definition) is 5. The molecule has 1 fully saturated rings. The zero-order valence-electron chi connectivity index (χ0n) is 20.3. The van der Waals surface area contributed by atoms with Crippen molar-refractivity contribution in [2.24, 2.45) is 5.41 Å². The number of hydrogen-bond donors (Lipinski definition) is 1. The number of halogens is 2. The average Bonchev–Trinajstić information content (AvgIpc) is 2.90. The van der Waals surface area contributed by atoms with Crippen molar-refractivity contribution in [3.05, 3.63) is 65.3 Å². The Bertz CT molecular complexity index is 1090. The number of likely N-dealkylation sites (tertiary alicyclic amines) is 1. The molecule has 0 aliphatic carbocycles. The molecule has 0 bridgehead atoms. The summed E-state index contributed by atoms with van der Waals surface area (Å²) in [6, 6.07) is 15.9. The summed E-state index contributed by atoms with van der Waals surface area (Å²) in [4.78, 5) is 8.12. The van der Waals surface area contributed by atoms with E-state index in [1.165, 1.54) is 11.1 Å². The van der Waals surface area contributed by atoms with E-state index in [4.69, 9.17) is 16.3 Å². The van der Waals surface area contributed by atoms with Crippen LogP contribution in [-0.4, -0.2) is 54.1 Å². The summed E-state index contributed by atoms with van der Waals surface area (Å²) in [6.45, 7) is 3.05. The average molecular weight is 517 g/mol. The van der Waals surface area contributed by atoms with Crippen LogP contribution < -0.4 is 4.74 Å². The smallest absolute Gasteiger partial charge is 0.127 e. The molecule has 3 aromatic rings. The summed E-state index contributed by atoms with van der Waals surface area (Å²) in [5, 5.41) is 11.3. The molecule has 35 heavy (non-hydrogen) atoms. The van der Waals surface area contributed by atoms with Crippen LogP contribution in [0.5, 0.6) is 5.75 Å². The summed E-state index contributed by atoms with van der Waals surface area (Å²) in [6.07, 6.45) is 4.17. The van der Waals surface area contributed by atoms with Gasteiger partial charge in [0.15, 0.2) is 0 Å². The fourth-order valence-electron chi connectivity index (χ4n) is 4.92. The quantitative estimate of drug-likeness (QED) is 0.221. The normalized spacial score (nSPS) is 16.9. The molecular weight excluding hydrogens is 483 g/mol. The van der Waals surface area contributed by atoms with E-state index < -0.39 is 6.17 Å². The first kappa shape index (κ1) is 26.2. The van der Waals surface area contributed by atoms with Crippen molar-refractivity contribution < 1.29 is 14.2 Å². The second kappa shape index (κ2) is 12.4. The topological polar surface area (TPSA) is 45.6 Å². The molecule has 1 N–H and O–H groups in total. The van der Waals surface area contributed by atoms with Crippen LogP contribution in [0.2, 0.25) is 5.02 Å². The second-order valence-corrected chi connectivity index (χ2v) is 11.0. The van der Waals surface area contributed by atoms with E-state index in [9.17, 15) is 5.11 Å². The number of benzene rings is 2. The van der Waals surface area contributed by atoms with Crippen molar-refractivity contribution in [3.8, 4) is 5.75 Å². The lowest BCUT2D eigenvalue weighted by molar-refractivity contribution is 0.0304. The minimum atomic E-state index is -1.23. The summed E-state index contributed by atoms with van der Waals surface area (Å²) in [5.74, 6) is 1.75. The molecule has 1 saturated heterocycles. The van der Waals surface area contributed by atoms with E-state index >= 15 is 4.39 Å². The van der Waals surface area contributed by atoms with Gasteiger partial charge in [-0.25, -0.2) is 4.39 Å². The summed E-state index contributed by atoms with van der Waals surface area (Å²) in [5.41, 5.74) is 0.938. The molecule has 7 heteroatoms. The number of aliphatic hydroxyl groups excluding tert-OH is 1. The van der Waals surface area contributed by atoms with Crippen LogP contribution in [0, 0.1) is 5.41 Å². The molecule has 4 rings (SSSR count). The number of piperidine rings is 1. The number of methoxy groups -OCH3 is 1. The van der Waals surface area contributed by atoms with E-state index in [0.717, 1.165) is 44.6 Å². The third-order valence-electron chi connectivity index (χ3n) is 7.19. The van der Waals surface area contributed by atoms with Crippen LogP contribution in [0.1, 0.15) is 43.8 Å². The Balaban J connectivity index is 1.30. The highest BCUT2D eigenvalue weighted by Gasteiger charge is 2.35. The first-order chi connectivity index (χ1) is 17.0. The summed E-state index contributed by atoms with van der Waals surface area (Å²) >= 11 is 8.30. The van der Waals surface area contributed by atoms with E-state index in [1.807, 2.05) is 30.0 Å². The lowest BCUT2D eigenvalue weighted by atomic mass is 9.74. The van der Waals surface area contributed by atoms with Gasteiger partial charge in [0.05, 0.1) is 17.6 Å². The highest BCUT2D eigenvalue weighted by atomic mass is 35.5. The summed E-state index contributed by atoms with van der Waals surface area (Å²) < 4.78 is 20.9. The Morgan fingerprint density at radius 2 is 1.97 bits per heavy atom. The molecule has 1 aliphatic heterocycles. The Kier molecular flexibility index (Phi) is 9.28. The lowest BCUT2D eigenvalue weighted by Gasteiger charge is -2.41. The standard InChI is InChI=1S/C28H34ClFN2O2S/c1-34-21-8-9-26-23(18-21)27(24(29)19-31-26)25(30)10-11-28(20-33)12-15-32(16-13-28)14-5-17-35-22-6-3-2-4-7-22/h2-4,6-9,18-19,25,33H,5,10-17,20H2,1H3/t25-/m0/s1. The predicted octanol–water partition coefficient (Wildman–Crippen LogP) is 6.94. The van der Waals surface area contributed by atoms with Crippen LogP contribution in [0.25, 0.3) is 10.9 Å². The highest BCUT2D eigenvalue weighted by molar-refractivity contribution is 7.99. The number of thioether (sulfide) groups is 1. The van der Waals surface area contributed by atoms with Crippen molar-refractivity contribution in [2.75, 3.05) is 39.1 Å². The van der Waals surface area contributed by atoms with Gasteiger partial charge in [0.25, 0.3) is 0 Å². The van der Waals surface area contributed by atoms with E-state index in [0.29, 0.717) is 40.1 Å². The number of rotatable bonds is 11. The molecule has 1 atom stereocenters. The third-order valence-corrected chi connectivity index (χ3v) is 8.59. The highest BCUT2D eigenvalue weighted by Crippen LogP contribution is 2.42. The van der Waals surface area contributed by atoms with Crippen molar-refractivity contribution in [1.29, 1.82) is 0 Å². The van der Waals surface area contributed by atoms with Gasteiger partial charge < -0.3 is 14.7 Å². The molecule has 2 heterocycles. The molecular formula is C28H34ClFN2O2S. The van der Waals surface area contributed by atoms with Crippen molar-refractivity contribution >= 4 is 34.3 Å². The van der Waals surface area contributed by atoms with E-state index in [2.05, 4.69) is 34.1 Å². The Morgan fingerprint density at radius 1 is 1.20 bits per heavy atom. The Hall–Kier alpha value is -1.86. The Morgan fingerprint density at radius 3 is 2.69 bits per heavy atom. The number of aromatic nitrogens is 1. The van der Waals surface area contributed by atoms with Crippen molar-refractivity contribution in [3.63, 3.8) is 0 Å². The van der Waals surface area contributed by atoms with Crippen LogP contribution in [0.4, 0.5) is 4.39 Å². The van der Waals surface area contributed by atoms with Crippen molar-refractivity contribution in [2.45, 2.75) is 43.2 Å². The van der Waals surface area contributed by atoms with Crippen molar-refractivity contribution in [1.82, 2.24) is 9.88 Å². The number of aliphatic hydroxyl groups is 1. The molecule has 1 aromatic heterocycles. The monoisotopic (exact) mass is 516 g/mol. The van der Waals surface area contributed by atoms with Crippen LogP contribution >= 0.6 is 23.4 Å². The first-order valence-electron chi connectivity index (χ1n) is 12.3. The van der Waals surface area contributed by atoms with Gasteiger partial charge in [-0.05, 0) is 93.2 Å². The SMILES string of the molecule is COc1ccc2ncc(Cl)c([C@@H](F)CCC3(CO)CCN(CCCSc4ccccc4)CC3)c2c1. The van der Waals surface area contributed by atoms with Crippen LogP contribution in [-0.2, 0) is 0 Å². The van der Waals surface area contributed by atoms with Gasteiger partial charge in [0.2, 0.25) is 0 Å². The molecule has 4 nitrogen and oxygen atoms in total. The molecule has 0 saturated carbocycles. The van der Waals surface area contributed by atoms with Gasteiger partial charge in [-0.15, -0.1) is 11.8 Å². The second-order valence-electron chi connectivity index (χ2n) is 9.42. The number of nitrogens with zero attached hydrogens (tertiary/aromatic N) is 2. The number of alkyl halides is 1. The van der Waals surface area contributed by atoms with Gasteiger partial charge in [-0.3, -0.25) is 4.98 Å². The number of fused-ring (bicyclic) bond motifs is 1.